The zero-order valence-corrected chi connectivity index (χ0v) is 12.1. The molecule has 1 aromatic carbocycles. The van der Waals surface area contributed by atoms with Crippen LogP contribution in [0.1, 0.15) is 6.42 Å². The van der Waals surface area contributed by atoms with Gasteiger partial charge in [-0.1, -0.05) is 0 Å². The highest BCUT2D eigenvalue weighted by atomic mass is 35.5. The van der Waals surface area contributed by atoms with Gasteiger partial charge in [-0.25, -0.2) is 30.4 Å². The Morgan fingerprint density at radius 3 is 1.86 bits per heavy atom. The summed E-state index contributed by atoms with van der Waals surface area (Å²) in [7, 11) is -5.00. The quantitative estimate of drug-likeness (QED) is 0.358. The van der Waals surface area contributed by atoms with Crippen molar-refractivity contribution in [1.82, 2.24) is 4.31 Å². The summed E-state index contributed by atoms with van der Waals surface area (Å²) in [6.45, 7) is -0.824. The van der Waals surface area contributed by atoms with E-state index in [2.05, 4.69) is 0 Å². The molecular formula is C11H7ClF5NO3S. The van der Waals surface area contributed by atoms with Crippen LogP contribution in [0, 0.1) is 35.0 Å². The van der Waals surface area contributed by atoms with Crippen molar-refractivity contribution >= 4 is 26.9 Å². The average molecular weight is 364 g/mol. The Kier molecular flexibility index (Phi) is 4.46. The Morgan fingerprint density at radius 1 is 1.00 bits per heavy atom. The molecule has 1 saturated heterocycles. The van der Waals surface area contributed by atoms with E-state index in [0.717, 1.165) is 0 Å². The van der Waals surface area contributed by atoms with E-state index in [1.165, 1.54) is 0 Å². The molecular weight excluding hydrogens is 357 g/mol. The smallest absolute Gasteiger partial charge is 0.249 e. The van der Waals surface area contributed by atoms with Gasteiger partial charge in [-0.05, 0) is 18.0 Å². The second-order valence-electron chi connectivity index (χ2n) is 4.55. The van der Waals surface area contributed by atoms with Crippen LogP contribution in [0.25, 0.3) is 0 Å². The third kappa shape index (κ3) is 2.59. The molecule has 0 saturated carbocycles. The number of carbonyl (C=O) groups is 1. The number of hydrogen-bond acceptors (Lipinski definition) is 3. The fraction of sp³-hybridized carbons (Fsp3) is 0.364. The lowest BCUT2D eigenvalue weighted by Gasteiger charge is -2.17. The predicted octanol–water partition coefficient (Wildman–Crippen LogP) is 2.16. The lowest BCUT2D eigenvalue weighted by molar-refractivity contribution is -0.114. The number of halogens is 6. The normalized spacial score (nSPS) is 19.6. The minimum atomic E-state index is -5.00. The van der Waals surface area contributed by atoms with Gasteiger partial charge in [0.15, 0.2) is 28.2 Å². The Labute approximate surface area is 126 Å². The van der Waals surface area contributed by atoms with Crippen molar-refractivity contribution < 1.29 is 35.2 Å². The van der Waals surface area contributed by atoms with Crippen molar-refractivity contribution in [2.24, 2.45) is 5.92 Å². The second kappa shape index (κ2) is 5.74. The fourth-order valence-corrected chi connectivity index (χ4v) is 3.86. The highest BCUT2D eigenvalue weighted by molar-refractivity contribution is 7.89. The van der Waals surface area contributed by atoms with E-state index in [-0.39, 0.29) is 13.0 Å². The molecule has 0 radical (unpaired) electrons. The Balaban J connectivity index is 2.55. The number of benzene rings is 1. The maximum absolute atomic E-state index is 13.6. The van der Waals surface area contributed by atoms with Crippen LogP contribution in [0.4, 0.5) is 22.0 Å². The van der Waals surface area contributed by atoms with Gasteiger partial charge < -0.3 is 0 Å². The topological polar surface area (TPSA) is 54.5 Å². The Bertz CT molecular complexity index is 726. The SMILES string of the molecule is O=C(Cl)[C@@H]1CCN(S(=O)(=O)c2c(F)c(F)c(F)c(F)c2F)C1. The summed E-state index contributed by atoms with van der Waals surface area (Å²) in [5.74, 6) is -13.0. The van der Waals surface area contributed by atoms with Crippen LogP contribution in [-0.2, 0) is 14.8 Å². The molecule has 1 heterocycles. The molecule has 1 aliphatic heterocycles. The second-order valence-corrected chi connectivity index (χ2v) is 6.80. The van der Waals surface area contributed by atoms with Crippen LogP contribution in [0.2, 0.25) is 0 Å². The number of carbonyl (C=O) groups excluding carboxylic acids is 1. The first-order chi connectivity index (χ1) is 10.1. The van der Waals surface area contributed by atoms with Crippen molar-refractivity contribution in [3.63, 3.8) is 0 Å². The van der Waals surface area contributed by atoms with Gasteiger partial charge in [-0.2, -0.15) is 4.31 Å². The maximum Gasteiger partial charge on any atom is 0.249 e. The van der Waals surface area contributed by atoms with Crippen molar-refractivity contribution in [3.05, 3.63) is 29.1 Å². The summed E-state index contributed by atoms with van der Waals surface area (Å²) in [5.41, 5.74) is 0. The first kappa shape index (κ1) is 17.1. The zero-order valence-electron chi connectivity index (χ0n) is 10.5. The van der Waals surface area contributed by atoms with E-state index < -0.39 is 61.7 Å². The van der Waals surface area contributed by atoms with E-state index >= 15 is 0 Å². The largest absolute Gasteiger partial charge is 0.281 e. The first-order valence-corrected chi connectivity index (χ1v) is 7.61. The molecule has 0 aliphatic carbocycles. The van der Waals surface area contributed by atoms with Gasteiger partial charge in [0, 0.05) is 19.0 Å². The standard InChI is InChI=1S/C11H7ClF5NO3S/c12-11(19)4-1-2-18(3-4)22(20,21)10-8(16)6(14)5(13)7(15)9(10)17/h4H,1-3H2/t4-/m1/s1. The van der Waals surface area contributed by atoms with E-state index in [0.29, 0.717) is 4.31 Å². The van der Waals surface area contributed by atoms with Crippen LogP contribution < -0.4 is 0 Å². The van der Waals surface area contributed by atoms with Crippen LogP contribution in [-0.4, -0.2) is 31.1 Å². The highest BCUT2D eigenvalue weighted by Crippen LogP contribution is 2.31. The molecule has 4 nitrogen and oxygen atoms in total. The molecule has 1 aliphatic rings. The first-order valence-electron chi connectivity index (χ1n) is 5.80. The van der Waals surface area contributed by atoms with Crippen LogP contribution in [0.5, 0.6) is 0 Å². The monoisotopic (exact) mass is 363 g/mol. The summed E-state index contributed by atoms with van der Waals surface area (Å²) in [4.78, 5) is 9.03. The third-order valence-electron chi connectivity index (χ3n) is 3.24. The third-order valence-corrected chi connectivity index (χ3v) is 5.43. The lowest BCUT2D eigenvalue weighted by atomic mass is 10.1. The molecule has 0 N–H and O–H groups in total. The van der Waals surface area contributed by atoms with Crippen molar-refractivity contribution in [2.45, 2.75) is 11.3 Å². The maximum atomic E-state index is 13.6. The molecule has 11 heteroatoms. The lowest BCUT2D eigenvalue weighted by Crippen LogP contribution is -2.31. The summed E-state index contributed by atoms with van der Waals surface area (Å²) < 4.78 is 91.0. The Hall–Kier alpha value is -1.26. The van der Waals surface area contributed by atoms with Crippen molar-refractivity contribution in [1.29, 1.82) is 0 Å². The fourth-order valence-electron chi connectivity index (χ4n) is 2.07. The van der Waals surface area contributed by atoms with E-state index in [1.54, 1.807) is 0 Å². The van der Waals surface area contributed by atoms with Gasteiger partial charge in [0.1, 0.15) is 0 Å². The highest BCUT2D eigenvalue weighted by Gasteiger charge is 2.41. The average Bonchev–Trinajstić information content (AvgIpc) is 2.93. The van der Waals surface area contributed by atoms with Gasteiger partial charge in [-0.3, -0.25) is 4.79 Å². The molecule has 0 aromatic heterocycles. The van der Waals surface area contributed by atoms with Gasteiger partial charge in [-0.15, -0.1) is 0 Å². The zero-order chi connectivity index (χ0) is 16.8. The minimum Gasteiger partial charge on any atom is -0.281 e. The summed E-state index contributed by atoms with van der Waals surface area (Å²) >= 11 is 5.20. The minimum absolute atomic E-state index is 0.0169. The summed E-state index contributed by atoms with van der Waals surface area (Å²) in [5, 5.41) is -0.852. The molecule has 122 valence electrons. The molecule has 1 fully saturated rings. The molecule has 2 rings (SSSR count). The van der Waals surface area contributed by atoms with Gasteiger partial charge in [0.2, 0.25) is 21.1 Å². The van der Waals surface area contributed by atoms with E-state index in [9.17, 15) is 35.2 Å². The number of sulfonamides is 1. The molecule has 1 atom stereocenters. The molecule has 0 spiro atoms. The van der Waals surface area contributed by atoms with Gasteiger partial charge >= 0.3 is 0 Å². The summed E-state index contributed by atoms with van der Waals surface area (Å²) in [6, 6.07) is 0. The van der Waals surface area contributed by atoms with Gasteiger partial charge in [0.25, 0.3) is 0 Å². The number of nitrogens with zero attached hydrogens (tertiary/aromatic N) is 1. The van der Waals surface area contributed by atoms with Crippen LogP contribution in [0.15, 0.2) is 4.90 Å². The van der Waals surface area contributed by atoms with Crippen molar-refractivity contribution in [3.8, 4) is 0 Å². The van der Waals surface area contributed by atoms with E-state index in [1.807, 2.05) is 0 Å². The van der Waals surface area contributed by atoms with E-state index in [4.69, 9.17) is 11.6 Å². The van der Waals surface area contributed by atoms with Gasteiger partial charge in [0.05, 0.1) is 0 Å². The number of hydrogen-bond donors (Lipinski definition) is 0. The van der Waals surface area contributed by atoms with Crippen LogP contribution in [0.3, 0.4) is 0 Å². The molecule has 0 unspecified atom stereocenters. The van der Waals surface area contributed by atoms with Crippen LogP contribution >= 0.6 is 11.6 Å². The van der Waals surface area contributed by atoms with Crippen molar-refractivity contribution in [2.75, 3.05) is 13.1 Å². The summed E-state index contributed by atoms with van der Waals surface area (Å²) in [6.07, 6.45) is -0.0169. The molecule has 1 aromatic rings. The molecule has 22 heavy (non-hydrogen) atoms. The molecule has 0 bridgehead atoms. The number of rotatable bonds is 3. The molecule has 0 amide bonds. The Morgan fingerprint density at radius 2 is 1.45 bits per heavy atom. The predicted molar refractivity (Wildman–Crippen MR) is 64.0 cm³/mol.